The second kappa shape index (κ2) is 2.66. The third-order valence-corrected chi connectivity index (χ3v) is 2.40. The molecular weight excluding hydrogens is 138 g/mol. The molecule has 2 rings (SSSR count). The number of nitrogens with zero attached hydrogens (tertiary/aromatic N) is 1. The quantitative estimate of drug-likeness (QED) is 0.628. The summed E-state index contributed by atoms with van der Waals surface area (Å²) in [4.78, 5) is 0. The lowest BCUT2D eigenvalue weighted by molar-refractivity contribution is 0.494. The van der Waals surface area contributed by atoms with Gasteiger partial charge in [0.2, 0.25) is 0 Å². The van der Waals surface area contributed by atoms with E-state index in [2.05, 4.69) is 15.5 Å². The minimum absolute atomic E-state index is 0.525. The molecule has 0 radical (unpaired) electrons. The first-order valence-electron chi connectivity index (χ1n) is 4.11. The van der Waals surface area contributed by atoms with Gasteiger partial charge in [-0.3, -0.25) is 5.10 Å². The Morgan fingerprint density at radius 3 is 3.45 bits per heavy atom. The topological polar surface area (TPSA) is 40.7 Å². The van der Waals surface area contributed by atoms with Crippen LogP contribution in [0.3, 0.4) is 0 Å². The summed E-state index contributed by atoms with van der Waals surface area (Å²) in [5.41, 5.74) is 2.68. The van der Waals surface area contributed by atoms with E-state index in [0.717, 1.165) is 6.42 Å². The number of aromatic nitrogens is 2. The normalized spacial score (nSPS) is 23.2. The summed E-state index contributed by atoms with van der Waals surface area (Å²) < 4.78 is 0. The largest absolute Gasteiger partial charge is 0.313 e. The van der Waals surface area contributed by atoms with Crippen molar-refractivity contribution in [1.29, 1.82) is 0 Å². The first-order chi connectivity index (χ1) is 5.42. The summed E-state index contributed by atoms with van der Waals surface area (Å²) in [5, 5.41) is 10.4. The highest BCUT2D eigenvalue weighted by molar-refractivity contribution is 5.23. The van der Waals surface area contributed by atoms with Crippen molar-refractivity contribution < 1.29 is 0 Å². The number of rotatable bonds is 1. The number of aromatic amines is 1. The first kappa shape index (κ1) is 6.85. The lowest BCUT2D eigenvalue weighted by atomic mass is 9.93. The molecular formula is C8H13N3. The smallest absolute Gasteiger partial charge is 0.0538 e. The molecule has 1 aliphatic rings. The van der Waals surface area contributed by atoms with Crippen LogP contribution in [0.4, 0.5) is 0 Å². The van der Waals surface area contributed by atoms with E-state index in [0.29, 0.717) is 6.04 Å². The standard InChI is InChI=1S/C8H13N3/c1-9-7-3-2-4-8-6(7)5-10-11-8/h5,7,9H,2-4H2,1H3,(H,10,11)/t7-/m0/s1. The molecule has 1 aromatic heterocycles. The van der Waals surface area contributed by atoms with Gasteiger partial charge in [0, 0.05) is 17.3 Å². The maximum atomic E-state index is 4.04. The highest BCUT2D eigenvalue weighted by Gasteiger charge is 2.19. The van der Waals surface area contributed by atoms with Crippen molar-refractivity contribution >= 4 is 0 Å². The van der Waals surface area contributed by atoms with Gasteiger partial charge < -0.3 is 5.32 Å². The van der Waals surface area contributed by atoms with Crippen LogP contribution in [0.25, 0.3) is 0 Å². The third-order valence-electron chi connectivity index (χ3n) is 2.40. The van der Waals surface area contributed by atoms with Crippen molar-refractivity contribution in [3.63, 3.8) is 0 Å². The molecule has 2 N–H and O–H groups in total. The SMILES string of the molecule is CN[C@H]1CCCc2[nH]ncc21. The lowest BCUT2D eigenvalue weighted by Crippen LogP contribution is -2.20. The summed E-state index contributed by atoms with van der Waals surface area (Å²) in [6, 6.07) is 0.525. The number of aryl methyl sites for hydroxylation is 1. The Hall–Kier alpha value is -0.830. The molecule has 0 saturated carbocycles. The average molecular weight is 151 g/mol. The fraction of sp³-hybridized carbons (Fsp3) is 0.625. The molecule has 0 bridgehead atoms. The van der Waals surface area contributed by atoms with Crippen LogP contribution in [-0.2, 0) is 6.42 Å². The fourth-order valence-electron chi connectivity index (χ4n) is 1.76. The van der Waals surface area contributed by atoms with Gasteiger partial charge >= 0.3 is 0 Å². The van der Waals surface area contributed by atoms with Crippen LogP contribution in [0.2, 0.25) is 0 Å². The number of fused-ring (bicyclic) bond motifs is 1. The Balaban J connectivity index is 2.32. The van der Waals surface area contributed by atoms with Gasteiger partial charge in [-0.15, -0.1) is 0 Å². The van der Waals surface area contributed by atoms with Gasteiger partial charge in [-0.2, -0.15) is 5.10 Å². The predicted octanol–water partition coefficient (Wildman–Crippen LogP) is 1.01. The van der Waals surface area contributed by atoms with Gasteiger partial charge in [0.15, 0.2) is 0 Å². The van der Waals surface area contributed by atoms with Gasteiger partial charge in [0.1, 0.15) is 0 Å². The van der Waals surface area contributed by atoms with Crippen molar-refractivity contribution in [2.45, 2.75) is 25.3 Å². The van der Waals surface area contributed by atoms with Gasteiger partial charge in [0.05, 0.1) is 6.20 Å². The van der Waals surface area contributed by atoms with Gasteiger partial charge in [0.25, 0.3) is 0 Å². The maximum Gasteiger partial charge on any atom is 0.0538 e. The summed E-state index contributed by atoms with van der Waals surface area (Å²) in [5.74, 6) is 0. The Morgan fingerprint density at radius 1 is 1.73 bits per heavy atom. The zero-order valence-electron chi connectivity index (χ0n) is 6.72. The molecule has 0 unspecified atom stereocenters. The van der Waals surface area contributed by atoms with E-state index in [9.17, 15) is 0 Å². The average Bonchev–Trinajstić information content (AvgIpc) is 2.50. The molecule has 1 aliphatic carbocycles. The number of hydrogen-bond donors (Lipinski definition) is 2. The van der Waals surface area contributed by atoms with E-state index in [1.54, 1.807) is 0 Å². The van der Waals surface area contributed by atoms with Crippen molar-refractivity contribution in [2.75, 3.05) is 7.05 Å². The summed E-state index contributed by atoms with van der Waals surface area (Å²) in [6.45, 7) is 0. The molecule has 0 aliphatic heterocycles. The second-order valence-electron chi connectivity index (χ2n) is 3.04. The maximum absolute atomic E-state index is 4.04. The molecule has 0 fully saturated rings. The van der Waals surface area contributed by atoms with Gasteiger partial charge in [-0.05, 0) is 26.3 Å². The lowest BCUT2D eigenvalue weighted by Gasteiger charge is -2.20. The highest BCUT2D eigenvalue weighted by Crippen LogP contribution is 2.27. The molecule has 1 aromatic rings. The van der Waals surface area contributed by atoms with Gasteiger partial charge in [-0.1, -0.05) is 0 Å². The molecule has 0 spiro atoms. The molecule has 0 saturated heterocycles. The Morgan fingerprint density at radius 2 is 2.64 bits per heavy atom. The number of hydrogen-bond acceptors (Lipinski definition) is 2. The molecule has 3 heteroatoms. The Bertz CT molecular complexity index is 241. The van der Waals surface area contributed by atoms with E-state index >= 15 is 0 Å². The Labute approximate surface area is 66.2 Å². The van der Waals surface area contributed by atoms with Crippen LogP contribution in [0.15, 0.2) is 6.20 Å². The van der Waals surface area contributed by atoms with Crippen LogP contribution >= 0.6 is 0 Å². The van der Waals surface area contributed by atoms with E-state index in [1.165, 1.54) is 24.1 Å². The first-order valence-corrected chi connectivity index (χ1v) is 4.11. The number of H-pyrrole nitrogens is 1. The zero-order chi connectivity index (χ0) is 7.68. The molecule has 11 heavy (non-hydrogen) atoms. The highest BCUT2D eigenvalue weighted by atomic mass is 15.1. The molecule has 0 aromatic carbocycles. The molecule has 1 atom stereocenters. The molecule has 0 amide bonds. The second-order valence-corrected chi connectivity index (χ2v) is 3.04. The van der Waals surface area contributed by atoms with E-state index in [-0.39, 0.29) is 0 Å². The minimum atomic E-state index is 0.525. The van der Waals surface area contributed by atoms with Gasteiger partial charge in [-0.25, -0.2) is 0 Å². The monoisotopic (exact) mass is 151 g/mol. The van der Waals surface area contributed by atoms with Crippen molar-refractivity contribution in [1.82, 2.24) is 15.5 Å². The zero-order valence-corrected chi connectivity index (χ0v) is 6.72. The summed E-state index contributed by atoms with van der Waals surface area (Å²) >= 11 is 0. The molecule has 1 heterocycles. The van der Waals surface area contributed by atoms with Crippen LogP contribution in [-0.4, -0.2) is 17.2 Å². The number of nitrogens with one attached hydrogen (secondary N) is 2. The Kier molecular flexibility index (Phi) is 1.66. The van der Waals surface area contributed by atoms with Crippen LogP contribution < -0.4 is 5.32 Å². The van der Waals surface area contributed by atoms with Crippen LogP contribution in [0.5, 0.6) is 0 Å². The summed E-state index contributed by atoms with van der Waals surface area (Å²) in [7, 11) is 2.01. The van der Waals surface area contributed by atoms with Crippen molar-refractivity contribution in [3.8, 4) is 0 Å². The third kappa shape index (κ3) is 1.05. The molecule has 60 valence electrons. The fourth-order valence-corrected chi connectivity index (χ4v) is 1.76. The van der Waals surface area contributed by atoms with Crippen molar-refractivity contribution in [3.05, 3.63) is 17.5 Å². The van der Waals surface area contributed by atoms with Crippen molar-refractivity contribution in [2.24, 2.45) is 0 Å². The van der Waals surface area contributed by atoms with E-state index < -0.39 is 0 Å². The predicted molar refractivity (Wildman–Crippen MR) is 43.3 cm³/mol. The minimum Gasteiger partial charge on any atom is -0.313 e. The van der Waals surface area contributed by atoms with Crippen LogP contribution in [0, 0.1) is 0 Å². The molecule has 3 nitrogen and oxygen atoms in total. The van der Waals surface area contributed by atoms with E-state index in [1.807, 2.05) is 13.2 Å². The van der Waals surface area contributed by atoms with Crippen LogP contribution in [0.1, 0.15) is 30.1 Å². The summed E-state index contributed by atoms with van der Waals surface area (Å²) in [6.07, 6.45) is 5.60. The van der Waals surface area contributed by atoms with E-state index in [4.69, 9.17) is 0 Å².